The van der Waals surface area contributed by atoms with Crippen LogP contribution in [0.2, 0.25) is 0 Å². The van der Waals surface area contributed by atoms with E-state index in [-0.39, 0.29) is 11.9 Å². The van der Waals surface area contributed by atoms with Crippen molar-refractivity contribution >= 4 is 5.95 Å². The molecule has 1 aromatic heterocycles. The van der Waals surface area contributed by atoms with Crippen LogP contribution in [0, 0.1) is 11.6 Å². The van der Waals surface area contributed by atoms with Crippen molar-refractivity contribution in [3.8, 4) is 0 Å². The molecule has 0 bridgehead atoms. The zero-order valence-electron chi connectivity index (χ0n) is 10.6. The molecule has 1 aromatic carbocycles. The molecule has 1 saturated heterocycles. The van der Waals surface area contributed by atoms with Gasteiger partial charge in [0.1, 0.15) is 5.82 Å². The fourth-order valence-corrected chi connectivity index (χ4v) is 2.49. The van der Waals surface area contributed by atoms with Crippen molar-refractivity contribution in [2.24, 2.45) is 0 Å². The quantitative estimate of drug-likeness (QED) is 0.913. The summed E-state index contributed by atoms with van der Waals surface area (Å²) in [5.41, 5.74) is 0.871. The van der Waals surface area contributed by atoms with E-state index < -0.39 is 11.9 Å². The number of aromatic nitrogens is 2. The van der Waals surface area contributed by atoms with Gasteiger partial charge in [0.2, 0.25) is 5.95 Å². The van der Waals surface area contributed by atoms with Crippen LogP contribution in [-0.4, -0.2) is 27.7 Å². The molecule has 2 aromatic rings. The van der Waals surface area contributed by atoms with Crippen LogP contribution in [0.15, 0.2) is 36.7 Å². The highest BCUT2D eigenvalue weighted by atomic mass is 19.1. The van der Waals surface area contributed by atoms with Crippen molar-refractivity contribution in [1.29, 1.82) is 0 Å². The smallest absolute Gasteiger partial charge is 0.226 e. The van der Waals surface area contributed by atoms with Crippen molar-refractivity contribution < 1.29 is 13.9 Å². The third kappa shape index (κ3) is 2.46. The summed E-state index contributed by atoms with van der Waals surface area (Å²) in [7, 11) is 0. The van der Waals surface area contributed by atoms with Crippen LogP contribution < -0.4 is 4.90 Å². The summed E-state index contributed by atoms with van der Waals surface area (Å²) in [6.45, 7) is 0.369. The van der Waals surface area contributed by atoms with Gasteiger partial charge < -0.3 is 10.0 Å². The maximum absolute atomic E-state index is 13.0. The third-order valence-electron chi connectivity index (χ3n) is 3.40. The minimum atomic E-state index is -0.515. The Kier molecular flexibility index (Phi) is 3.31. The highest BCUT2D eigenvalue weighted by Crippen LogP contribution is 2.34. The van der Waals surface area contributed by atoms with E-state index in [1.54, 1.807) is 17.0 Å². The van der Waals surface area contributed by atoms with E-state index in [4.69, 9.17) is 0 Å². The van der Waals surface area contributed by atoms with Crippen LogP contribution >= 0.6 is 0 Å². The molecule has 1 fully saturated rings. The van der Waals surface area contributed by atoms with Crippen LogP contribution in [-0.2, 0) is 0 Å². The lowest BCUT2D eigenvalue weighted by molar-refractivity contribution is 0.194. The van der Waals surface area contributed by atoms with Crippen molar-refractivity contribution in [3.05, 3.63) is 53.9 Å². The van der Waals surface area contributed by atoms with Gasteiger partial charge in [0, 0.05) is 6.54 Å². The van der Waals surface area contributed by atoms with Gasteiger partial charge in [0.15, 0.2) is 5.82 Å². The van der Waals surface area contributed by atoms with Gasteiger partial charge in [-0.05, 0) is 24.1 Å². The maximum atomic E-state index is 13.0. The van der Waals surface area contributed by atoms with Crippen LogP contribution in [0.4, 0.5) is 14.7 Å². The SMILES string of the molecule is OC1CC(c2ccc(F)cc2)N(c2ncc(F)cn2)C1. The van der Waals surface area contributed by atoms with E-state index in [1.165, 1.54) is 12.1 Å². The standard InChI is InChI=1S/C14H13F2N3O/c15-10-3-1-9(2-4-10)13-5-12(20)8-19(13)14-17-6-11(16)7-18-14/h1-4,6-7,12-13,20H,5,8H2. The first-order chi connectivity index (χ1) is 9.63. The summed E-state index contributed by atoms with van der Waals surface area (Å²) in [4.78, 5) is 9.69. The van der Waals surface area contributed by atoms with Crippen molar-refractivity contribution in [3.63, 3.8) is 0 Å². The molecular weight excluding hydrogens is 264 g/mol. The maximum Gasteiger partial charge on any atom is 0.226 e. The van der Waals surface area contributed by atoms with Crippen LogP contribution in [0.3, 0.4) is 0 Å². The number of hydrogen-bond acceptors (Lipinski definition) is 4. The number of halogens is 2. The number of nitrogens with zero attached hydrogens (tertiary/aromatic N) is 3. The van der Waals surface area contributed by atoms with Gasteiger partial charge in [-0.1, -0.05) is 12.1 Å². The lowest BCUT2D eigenvalue weighted by Crippen LogP contribution is -2.26. The first-order valence-electron chi connectivity index (χ1n) is 6.31. The molecule has 0 spiro atoms. The molecule has 20 heavy (non-hydrogen) atoms. The Bertz CT molecular complexity index is 535. The fraction of sp³-hybridized carbons (Fsp3) is 0.286. The van der Waals surface area contributed by atoms with E-state index in [9.17, 15) is 13.9 Å². The molecule has 2 atom stereocenters. The highest BCUT2D eigenvalue weighted by Gasteiger charge is 2.33. The van der Waals surface area contributed by atoms with Gasteiger partial charge in [-0.2, -0.15) is 0 Å². The summed E-state index contributed by atoms with van der Waals surface area (Å²) in [5.74, 6) is -0.457. The second-order valence-electron chi connectivity index (χ2n) is 4.81. The number of rotatable bonds is 2. The number of β-amino-alcohol motifs (C(OH)–C–C–N with tert-alkyl or cyclic N) is 1. The highest BCUT2D eigenvalue weighted by molar-refractivity contribution is 5.39. The molecular formula is C14H13F2N3O. The van der Waals surface area contributed by atoms with Gasteiger partial charge in [0.25, 0.3) is 0 Å². The normalized spacial score (nSPS) is 22.2. The number of hydrogen-bond donors (Lipinski definition) is 1. The molecule has 1 aliphatic heterocycles. The Balaban J connectivity index is 1.92. The molecule has 0 radical (unpaired) electrons. The lowest BCUT2D eigenvalue weighted by Gasteiger charge is -2.24. The van der Waals surface area contributed by atoms with Gasteiger partial charge in [-0.3, -0.25) is 0 Å². The Morgan fingerprint density at radius 2 is 1.70 bits per heavy atom. The Labute approximate surface area is 114 Å². The van der Waals surface area contributed by atoms with Crippen LogP contribution in [0.25, 0.3) is 0 Å². The van der Waals surface area contributed by atoms with Gasteiger partial charge >= 0.3 is 0 Å². The van der Waals surface area contributed by atoms with E-state index in [1.807, 2.05) is 0 Å². The van der Waals surface area contributed by atoms with Crippen LogP contribution in [0.1, 0.15) is 18.0 Å². The van der Waals surface area contributed by atoms with Gasteiger partial charge in [-0.15, -0.1) is 0 Å². The summed E-state index contributed by atoms with van der Waals surface area (Å²) in [5, 5.41) is 9.86. The van der Waals surface area contributed by atoms with Crippen LogP contribution in [0.5, 0.6) is 0 Å². The average molecular weight is 277 g/mol. The molecule has 104 valence electrons. The first-order valence-corrected chi connectivity index (χ1v) is 6.31. The molecule has 3 rings (SSSR count). The third-order valence-corrected chi connectivity index (χ3v) is 3.40. The molecule has 0 amide bonds. The van der Waals surface area contributed by atoms with E-state index in [0.29, 0.717) is 18.9 Å². The van der Waals surface area contributed by atoms with E-state index in [2.05, 4.69) is 9.97 Å². The predicted octanol–water partition coefficient (Wildman–Crippen LogP) is 2.07. The van der Waals surface area contributed by atoms with Crippen molar-refractivity contribution in [2.75, 3.05) is 11.4 Å². The zero-order valence-corrected chi connectivity index (χ0v) is 10.6. The lowest BCUT2D eigenvalue weighted by atomic mass is 10.0. The van der Waals surface area contributed by atoms with Crippen molar-refractivity contribution in [1.82, 2.24) is 9.97 Å². The molecule has 6 heteroatoms. The van der Waals surface area contributed by atoms with E-state index in [0.717, 1.165) is 18.0 Å². The predicted molar refractivity (Wildman–Crippen MR) is 69.1 cm³/mol. The number of aliphatic hydroxyl groups excluding tert-OH is 1. The monoisotopic (exact) mass is 277 g/mol. The Morgan fingerprint density at radius 3 is 2.35 bits per heavy atom. The molecule has 4 nitrogen and oxygen atoms in total. The molecule has 2 unspecified atom stereocenters. The molecule has 2 heterocycles. The summed E-state index contributed by atoms with van der Waals surface area (Å²) >= 11 is 0. The molecule has 1 aliphatic rings. The molecule has 0 saturated carbocycles. The van der Waals surface area contributed by atoms with Gasteiger partial charge in [-0.25, -0.2) is 18.7 Å². The minimum Gasteiger partial charge on any atom is -0.391 e. The van der Waals surface area contributed by atoms with E-state index >= 15 is 0 Å². The summed E-state index contributed by atoms with van der Waals surface area (Å²) in [6.07, 6.45) is 2.18. The number of anilines is 1. The first kappa shape index (κ1) is 12.9. The largest absolute Gasteiger partial charge is 0.391 e. The second kappa shape index (κ2) is 5.13. The molecule has 0 aliphatic carbocycles. The Hall–Kier alpha value is -2.08. The Morgan fingerprint density at radius 1 is 1.05 bits per heavy atom. The molecule has 1 N–H and O–H groups in total. The number of benzene rings is 1. The minimum absolute atomic E-state index is 0.143. The number of aliphatic hydroxyl groups is 1. The summed E-state index contributed by atoms with van der Waals surface area (Å²) < 4.78 is 25.9. The second-order valence-corrected chi connectivity index (χ2v) is 4.81. The van der Waals surface area contributed by atoms with Crippen molar-refractivity contribution in [2.45, 2.75) is 18.6 Å². The zero-order chi connectivity index (χ0) is 14.1. The fourth-order valence-electron chi connectivity index (χ4n) is 2.49. The topological polar surface area (TPSA) is 49.2 Å². The van der Waals surface area contributed by atoms with Gasteiger partial charge in [0.05, 0.1) is 24.5 Å². The average Bonchev–Trinajstić information content (AvgIpc) is 2.82. The summed E-state index contributed by atoms with van der Waals surface area (Å²) in [6, 6.07) is 5.97.